The van der Waals surface area contributed by atoms with Gasteiger partial charge in [0.05, 0.1) is 0 Å². The summed E-state index contributed by atoms with van der Waals surface area (Å²) >= 11 is 0. The Labute approximate surface area is 209 Å². The lowest BCUT2D eigenvalue weighted by Gasteiger charge is -2.32. The first-order valence-electron chi connectivity index (χ1n) is 12.6. The third-order valence-electron chi connectivity index (χ3n) is 6.35. The van der Waals surface area contributed by atoms with Gasteiger partial charge in [0.25, 0.3) is 0 Å². The smallest absolute Gasteiger partial charge is 0.00835 e. The van der Waals surface area contributed by atoms with Gasteiger partial charge in [0.1, 0.15) is 0 Å². The average Bonchev–Trinajstić information content (AvgIpc) is 2.91. The second-order valence-electron chi connectivity index (χ2n) is 8.83. The van der Waals surface area contributed by atoms with E-state index >= 15 is 0 Å². The van der Waals surface area contributed by atoms with Crippen molar-refractivity contribution in [2.75, 3.05) is 6.16 Å². The van der Waals surface area contributed by atoms with E-state index in [1.54, 1.807) is 0 Å². The van der Waals surface area contributed by atoms with E-state index in [0.29, 0.717) is 5.66 Å². The average molecular weight is 483 g/mol. The maximum Gasteiger partial charge on any atom is -0.00835 e. The highest BCUT2D eigenvalue weighted by molar-refractivity contribution is 7.77. The third kappa shape index (κ3) is 6.88. The first-order chi connectivity index (χ1) is 16.9. The summed E-state index contributed by atoms with van der Waals surface area (Å²) in [6.45, 7) is 2.31. The summed E-state index contributed by atoms with van der Waals surface area (Å²) in [5.74, 6) is 0. The fourth-order valence-electron chi connectivity index (χ4n) is 4.64. The van der Waals surface area contributed by atoms with Crippen molar-refractivity contribution in [2.45, 2.75) is 44.7 Å². The summed E-state index contributed by atoms with van der Waals surface area (Å²) in [5, 5.41) is 6.03. The molecule has 0 fully saturated rings. The van der Waals surface area contributed by atoms with Gasteiger partial charge in [0.2, 0.25) is 0 Å². The van der Waals surface area contributed by atoms with Crippen LogP contribution < -0.4 is 21.2 Å². The lowest BCUT2D eigenvalue weighted by atomic mass is 10.1. The minimum atomic E-state index is -0.432. The Balaban J connectivity index is 1.73. The van der Waals surface area contributed by atoms with Crippen molar-refractivity contribution in [2.24, 2.45) is 0 Å². The topological polar surface area (TPSA) is 0 Å². The van der Waals surface area contributed by atoms with Crippen LogP contribution in [0.2, 0.25) is 0 Å². The lowest BCUT2D eigenvalue weighted by molar-refractivity contribution is 0.630. The largest absolute Gasteiger partial charge is 0.0654 e. The Morgan fingerprint density at radius 3 is 1.32 bits per heavy atom. The van der Waals surface area contributed by atoms with Crippen LogP contribution >= 0.6 is 15.8 Å². The molecule has 174 valence electrons. The number of unbranched alkanes of at least 4 members (excludes halogenated alkanes) is 3. The maximum atomic E-state index is 2.37. The Kier molecular flexibility index (Phi) is 9.93. The minimum Gasteiger partial charge on any atom is -0.0654 e. The van der Waals surface area contributed by atoms with E-state index in [1.165, 1.54) is 59.5 Å². The Bertz CT molecular complexity index is 986. The molecule has 0 aliphatic heterocycles. The molecule has 0 saturated heterocycles. The van der Waals surface area contributed by atoms with Crippen LogP contribution in [-0.2, 0) is 0 Å². The van der Waals surface area contributed by atoms with Crippen LogP contribution in [0.4, 0.5) is 0 Å². The van der Waals surface area contributed by atoms with E-state index in [-0.39, 0.29) is 0 Å². The van der Waals surface area contributed by atoms with Gasteiger partial charge in [-0.15, -0.1) is 0 Å². The predicted molar refractivity (Wildman–Crippen MR) is 156 cm³/mol. The van der Waals surface area contributed by atoms with Gasteiger partial charge in [0, 0.05) is 0 Å². The summed E-state index contributed by atoms with van der Waals surface area (Å²) in [4.78, 5) is 0. The zero-order valence-corrected chi connectivity index (χ0v) is 22.1. The number of benzene rings is 4. The molecule has 4 aromatic rings. The molecule has 0 spiro atoms. The fraction of sp³-hybridized carbons (Fsp3) is 0.250. The zero-order valence-electron chi connectivity index (χ0n) is 20.3. The fourth-order valence-corrected chi connectivity index (χ4v) is 10.7. The van der Waals surface area contributed by atoms with Gasteiger partial charge in [-0.05, 0) is 55.3 Å². The summed E-state index contributed by atoms with van der Waals surface area (Å²) in [6, 6.07) is 45.2. The summed E-state index contributed by atoms with van der Waals surface area (Å²) in [6.07, 6.45) is 7.84. The Hall–Kier alpha value is -2.26. The van der Waals surface area contributed by atoms with Gasteiger partial charge in [-0.2, -0.15) is 0 Å². The quantitative estimate of drug-likeness (QED) is 0.144. The molecule has 0 radical (unpaired) electrons. The molecule has 0 aliphatic rings. The molecule has 0 nitrogen and oxygen atoms in total. The highest BCUT2D eigenvalue weighted by Gasteiger charge is 2.28. The normalized spacial score (nSPS) is 12.2. The number of rotatable bonds is 12. The molecule has 4 aromatic carbocycles. The molecule has 0 bridgehead atoms. The first-order valence-corrected chi connectivity index (χ1v) is 15.6. The minimum absolute atomic E-state index is 0.412. The van der Waals surface area contributed by atoms with Crippen LogP contribution in [0, 0.1) is 0 Å². The molecule has 0 N–H and O–H groups in total. The van der Waals surface area contributed by atoms with E-state index in [2.05, 4.69) is 128 Å². The van der Waals surface area contributed by atoms with Crippen LogP contribution in [0.25, 0.3) is 0 Å². The van der Waals surface area contributed by atoms with Crippen molar-refractivity contribution >= 4 is 37.1 Å². The van der Waals surface area contributed by atoms with Crippen molar-refractivity contribution in [3.05, 3.63) is 121 Å². The molecule has 0 aromatic heterocycles. The van der Waals surface area contributed by atoms with Crippen LogP contribution in [0.3, 0.4) is 0 Å². The van der Waals surface area contributed by atoms with Gasteiger partial charge in [-0.25, -0.2) is 0 Å². The molecule has 4 rings (SSSR count). The highest BCUT2D eigenvalue weighted by atomic mass is 31.1. The van der Waals surface area contributed by atoms with Gasteiger partial charge >= 0.3 is 0 Å². The van der Waals surface area contributed by atoms with Crippen LogP contribution in [0.1, 0.15) is 39.0 Å². The Morgan fingerprint density at radius 1 is 0.500 bits per heavy atom. The summed E-state index contributed by atoms with van der Waals surface area (Å²) in [7, 11) is -0.844. The van der Waals surface area contributed by atoms with E-state index in [4.69, 9.17) is 0 Å². The first kappa shape index (κ1) is 24.9. The standard InChI is InChI=1S/C32H36P2/c1-2-3-4-9-26-32(34(30-22-14-7-15-23-30)31-24-16-8-17-25-31)27-33(28-18-10-5-11-19-28)29-20-12-6-13-21-29/h5-8,10-25,32H,2-4,9,26-27H2,1H3. The van der Waals surface area contributed by atoms with Crippen molar-refractivity contribution < 1.29 is 0 Å². The van der Waals surface area contributed by atoms with Gasteiger partial charge in [0.15, 0.2) is 0 Å². The predicted octanol–water partition coefficient (Wildman–Crippen LogP) is 7.59. The number of hydrogen-bond donors (Lipinski definition) is 0. The van der Waals surface area contributed by atoms with Gasteiger partial charge in [-0.3, -0.25) is 0 Å². The van der Waals surface area contributed by atoms with E-state index in [1.807, 2.05) is 0 Å². The van der Waals surface area contributed by atoms with Crippen molar-refractivity contribution in [1.82, 2.24) is 0 Å². The molecule has 1 unspecified atom stereocenters. The van der Waals surface area contributed by atoms with E-state index in [0.717, 1.165) is 0 Å². The van der Waals surface area contributed by atoms with Gasteiger partial charge in [-0.1, -0.05) is 154 Å². The zero-order chi connectivity index (χ0) is 23.4. The Morgan fingerprint density at radius 2 is 0.912 bits per heavy atom. The molecule has 34 heavy (non-hydrogen) atoms. The van der Waals surface area contributed by atoms with Crippen LogP contribution in [-0.4, -0.2) is 11.8 Å². The second-order valence-corrected chi connectivity index (χ2v) is 13.6. The summed E-state index contributed by atoms with van der Waals surface area (Å²) < 4.78 is 0. The highest BCUT2D eigenvalue weighted by Crippen LogP contribution is 2.48. The SMILES string of the molecule is CCCCCCC(CP(c1ccccc1)c1ccccc1)P(c1ccccc1)c1ccccc1. The molecule has 2 heteroatoms. The maximum absolute atomic E-state index is 2.37. The van der Waals surface area contributed by atoms with Crippen LogP contribution in [0.5, 0.6) is 0 Å². The van der Waals surface area contributed by atoms with E-state index < -0.39 is 15.8 Å². The molecule has 0 amide bonds. The van der Waals surface area contributed by atoms with E-state index in [9.17, 15) is 0 Å². The summed E-state index contributed by atoms with van der Waals surface area (Å²) in [5.41, 5.74) is 0.656. The van der Waals surface area contributed by atoms with Gasteiger partial charge < -0.3 is 0 Å². The second kappa shape index (κ2) is 13.6. The van der Waals surface area contributed by atoms with Crippen LogP contribution in [0.15, 0.2) is 121 Å². The number of hydrogen-bond acceptors (Lipinski definition) is 0. The molecule has 0 heterocycles. The van der Waals surface area contributed by atoms with Crippen molar-refractivity contribution in [3.63, 3.8) is 0 Å². The molecule has 0 aliphatic carbocycles. The molecule has 0 saturated carbocycles. The van der Waals surface area contributed by atoms with Crippen molar-refractivity contribution in [3.8, 4) is 0 Å². The molecule has 1 atom stereocenters. The van der Waals surface area contributed by atoms with Crippen molar-refractivity contribution in [1.29, 1.82) is 0 Å². The monoisotopic (exact) mass is 482 g/mol. The lowest BCUT2D eigenvalue weighted by Crippen LogP contribution is -2.27. The third-order valence-corrected chi connectivity index (χ3v) is 12.2. The molecular weight excluding hydrogens is 446 g/mol. The molecular formula is C32H36P2.